The van der Waals surface area contributed by atoms with Gasteiger partial charge in [-0.2, -0.15) is 0 Å². The first-order chi connectivity index (χ1) is 5.41. The highest BCUT2D eigenvalue weighted by Gasteiger charge is 1.86. The zero-order chi connectivity index (χ0) is 8.36. The molecule has 0 unspecified atom stereocenters. The molecule has 0 aliphatic carbocycles. The van der Waals surface area contributed by atoms with E-state index in [0.717, 1.165) is 32.5 Å². The largest absolute Gasteiger partial charge is 0.381 e. The maximum atomic E-state index is 9.62. The van der Waals surface area contributed by atoms with Gasteiger partial charge in [0.05, 0.1) is 6.54 Å². The maximum absolute atomic E-state index is 9.62. The second-order valence-corrected chi connectivity index (χ2v) is 2.29. The molecule has 0 aromatic rings. The van der Waals surface area contributed by atoms with Crippen LogP contribution in [0, 0.1) is 0 Å². The van der Waals surface area contributed by atoms with E-state index in [9.17, 15) is 4.79 Å². The summed E-state index contributed by atoms with van der Waals surface area (Å²) in [5, 5.41) is 0. The van der Waals surface area contributed by atoms with E-state index in [1.165, 1.54) is 6.08 Å². The molecule has 0 radical (unpaired) electrons. The molecule has 0 aliphatic rings. The third kappa shape index (κ3) is 9.34. The lowest BCUT2D eigenvalue weighted by Crippen LogP contribution is -1.96. The monoisotopic (exact) mass is 157 g/mol. The van der Waals surface area contributed by atoms with Crippen molar-refractivity contribution in [1.82, 2.24) is 0 Å². The highest BCUT2D eigenvalue weighted by atomic mass is 16.5. The molecule has 0 heterocycles. The fraction of sp³-hybridized carbons (Fsp3) is 0.875. The van der Waals surface area contributed by atoms with Crippen LogP contribution >= 0.6 is 0 Å². The molecule has 0 saturated heterocycles. The first-order valence-corrected chi connectivity index (χ1v) is 4.03. The van der Waals surface area contributed by atoms with Gasteiger partial charge in [-0.15, -0.1) is 0 Å². The van der Waals surface area contributed by atoms with Crippen molar-refractivity contribution in [2.24, 2.45) is 4.99 Å². The molecule has 0 aromatic heterocycles. The van der Waals surface area contributed by atoms with Crippen molar-refractivity contribution in [1.29, 1.82) is 0 Å². The summed E-state index contributed by atoms with van der Waals surface area (Å²) in [4.78, 5) is 13.0. The highest BCUT2D eigenvalue weighted by Crippen LogP contribution is 1.90. The lowest BCUT2D eigenvalue weighted by atomic mass is 10.3. The summed E-state index contributed by atoms with van der Waals surface area (Å²) in [5.74, 6) is 0. The number of hydrogen-bond acceptors (Lipinski definition) is 3. The van der Waals surface area contributed by atoms with E-state index < -0.39 is 0 Å². The van der Waals surface area contributed by atoms with Gasteiger partial charge in [-0.3, -0.25) is 0 Å². The van der Waals surface area contributed by atoms with Crippen molar-refractivity contribution < 1.29 is 9.53 Å². The molecule has 0 aromatic carbocycles. The van der Waals surface area contributed by atoms with Crippen LogP contribution in [0.1, 0.15) is 26.2 Å². The van der Waals surface area contributed by atoms with Crippen molar-refractivity contribution in [3.05, 3.63) is 0 Å². The van der Waals surface area contributed by atoms with Gasteiger partial charge in [0.1, 0.15) is 0 Å². The molecule has 11 heavy (non-hydrogen) atoms. The van der Waals surface area contributed by atoms with Crippen LogP contribution < -0.4 is 0 Å². The molecule has 0 N–H and O–H groups in total. The summed E-state index contributed by atoms with van der Waals surface area (Å²) >= 11 is 0. The summed E-state index contributed by atoms with van der Waals surface area (Å²) in [5.41, 5.74) is 0. The minimum Gasteiger partial charge on any atom is -0.381 e. The first kappa shape index (κ1) is 10.3. The topological polar surface area (TPSA) is 38.7 Å². The first-order valence-electron chi connectivity index (χ1n) is 4.03. The van der Waals surface area contributed by atoms with Crippen molar-refractivity contribution in [3.63, 3.8) is 0 Å². The number of isocyanates is 1. The third-order valence-corrected chi connectivity index (χ3v) is 1.22. The Morgan fingerprint density at radius 1 is 1.36 bits per heavy atom. The smallest absolute Gasteiger partial charge is 0.234 e. The molecular weight excluding hydrogens is 142 g/mol. The van der Waals surface area contributed by atoms with Gasteiger partial charge in [-0.1, -0.05) is 6.92 Å². The third-order valence-electron chi connectivity index (χ3n) is 1.22. The Balaban J connectivity index is 2.84. The summed E-state index contributed by atoms with van der Waals surface area (Å²) < 4.78 is 5.22. The average molecular weight is 157 g/mol. The second kappa shape index (κ2) is 9.34. The van der Waals surface area contributed by atoms with Crippen LogP contribution in [0.5, 0.6) is 0 Å². The van der Waals surface area contributed by atoms with Gasteiger partial charge in [-0.25, -0.2) is 9.79 Å². The van der Waals surface area contributed by atoms with Crippen molar-refractivity contribution in [2.45, 2.75) is 26.2 Å². The minimum absolute atomic E-state index is 0.582. The molecule has 0 spiro atoms. The molecule has 64 valence electrons. The number of unbranched alkanes of at least 4 members (excludes halogenated alkanes) is 1. The highest BCUT2D eigenvalue weighted by molar-refractivity contribution is 5.32. The van der Waals surface area contributed by atoms with E-state index in [-0.39, 0.29) is 0 Å². The van der Waals surface area contributed by atoms with Crippen LogP contribution in [0.3, 0.4) is 0 Å². The number of aliphatic imine (C=N–C) groups is 1. The van der Waals surface area contributed by atoms with Gasteiger partial charge in [0.15, 0.2) is 0 Å². The maximum Gasteiger partial charge on any atom is 0.234 e. The molecule has 3 heteroatoms. The van der Waals surface area contributed by atoms with Crippen LogP contribution in [0.4, 0.5) is 0 Å². The van der Waals surface area contributed by atoms with E-state index in [1.54, 1.807) is 0 Å². The fourth-order valence-corrected chi connectivity index (χ4v) is 0.687. The Kier molecular flexibility index (Phi) is 8.78. The van der Waals surface area contributed by atoms with Crippen LogP contribution in [0.2, 0.25) is 0 Å². The summed E-state index contributed by atoms with van der Waals surface area (Å²) in [6.45, 7) is 4.27. The molecule has 3 nitrogen and oxygen atoms in total. The molecular formula is C8H15NO2. The molecule has 0 rings (SSSR count). The van der Waals surface area contributed by atoms with Gasteiger partial charge >= 0.3 is 0 Å². The van der Waals surface area contributed by atoms with Crippen molar-refractivity contribution in [2.75, 3.05) is 19.8 Å². The zero-order valence-corrected chi connectivity index (χ0v) is 7.01. The zero-order valence-electron chi connectivity index (χ0n) is 7.01. The number of carbonyl (C=O) groups excluding carboxylic acids is 1. The van der Waals surface area contributed by atoms with Crippen molar-refractivity contribution in [3.8, 4) is 0 Å². The SMILES string of the molecule is CCCOCCCCN=C=O. The van der Waals surface area contributed by atoms with Gasteiger partial charge in [0.25, 0.3) is 0 Å². The molecule has 0 bridgehead atoms. The molecule has 0 saturated carbocycles. The summed E-state index contributed by atoms with van der Waals surface area (Å²) in [6, 6.07) is 0. The average Bonchev–Trinajstić information content (AvgIpc) is 2.03. The van der Waals surface area contributed by atoms with Gasteiger partial charge < -0.3 is 4.74 Å². The predicted octanol–water partition coefficient (Wildman–Crippen LogP) is 1.53. The number of ether oxygens (including phenoxy) is 1. The predicted molar refractivity (Wildman–Crippen MR) is 43.3 cm³/mol. The normalized spacial score (nSPS) is 9.18. The summed E-state index contributed by atoms with van der Waals surface area (Å²) in [6.07, 6.45) is 4.46. The van der Waals surface area contributed by atoms with Crippen LogP contribution in [0.25, 0.3) is 0 Å². The van der Waals surface area contributed by atoms with Crippen LogP contribution in [0.15, 0.2) is 4.99 Å². The van der Waals surface area contributed by atoms with Crippen molar-refractivity contribution >= 4 is 6.08 Å². The Labute approximate surface area is 67.5 Å². The van der Waals surface area contributed by atoms with E-state index in [2.05, 4.69) is 11.9 Å². The number of hydrogen-bond donors (Lipinski definition) is 0. The molecule has 0 fully saturated rings. The molecule has 0 atom stereocenters. The van der Waals surface area contributed by atoms with E-state index in [1.807, 2.05) is 0 Å². The molecule has 0 aliphatic heterocycles. The minimum atomic E-state index is 0.582. The Bertz CT molecular complexity index is 119. The standard InChI is InChI=1S/C8H15NO2/c1-2-6-11-7-4-3-5-9-8-10/h2-7H2,1H3. The van der Waals surface area contributed by atoms with Crippen LogP contribution in [-0.4, -0.2) is 25.8 Å². The van der Waals surface area contributed by atoms with E-state index in [4.69, 9.17) is 4.74 Å². The van der Waals surface area contributed by atoms with E-state index >= 15 is 0 Å². The number of rotatable bonds is 7. The molecule has 0 amide bonds. The quantitative estimate of drug-likeness (QED) is 0.319. The Morgan fingerprint density at radius 2 is 2.18 bits per heavy atom. The lowest BCUT2D eigenvalue weighted by Gasteiger charge is -1.99. The lowest BCUT2D eigenvalue weighted by molar-refractivity contribution is 0.131. The summed E-state index contributed by atoms with van der Waals surface area (Å²) in [7, 11) is 0. The second-order valence-electron chi connectivity index (χ2n) is 2.29. The fourth-order valence-electron chi connectivity index (χ4n) is 0.687. The Morgan fingerprint density at radius 3 is 2.82 bits per heavy atom. The number of nitrogens with zero attached hydrogens (tertiary/aromatic N) is 1. The van der Waals surface area contributed by atoms with Gasteiger partial charge in [-0.05, 0) is 19.3 Å². The Hall–Kier alpha value is -0.660. The van der Waals surface area contributed by atoms with E-state index in [0.29, 0.717) is 6.54 Å². The van der Waals surface area contributed by atoms with Crippen LogP contribution in [-0.2, 0) is 9.53 Å². The van der Waals surface area contributed by atoms with Gasteiger partial charge in [0.2, 0.25) is 6.08 Å². The van der Waals surface area contributed by atoms with Gasteiger partial charge in [0, 0.05) is 13.2 Å².